The molecular weight excluding hydrogens is 304 g/mol. The van der Waals surface area contributed by atoms with E-state index in [1.165, 1.54) is 11.3 Å². The summed E-state index contributed by atoms with van der Waals surface area (Å²) in [5.74, 6) is -0.547. The summed E-state index contributed by atoms with van der Waals surface area (Å²) in [5, 5.41) is 11.3. The molecule has 1 aliphatic rings. The van der Waals surface area contributed by atoms with Crippen molar-refractivity contribution < 1.29 is 19.4 Å². The molecule has 0 unspecified atom stereocenters. The van der Waals surface area contributed by atoms with Gasteiger partial charge in [-0.1, -0.05) is 0 Å². The number of nitrogens with zero attached hydrogens (tertiary/aromatic N) is 2. The maximum absolute atomic E-state index is 12.0. The number of thiazole rings is 1. The summed E-state index contributed by atoms with van der Waals surface area (Å²) in [6, 6.07) is 0. The maximum atomic E-state index is 12.0. The summed E-state index contributed by atoms with van der Waals surface area (Å²) in [6.07, 6.45) is 2.30. The van der Waals surface area contributed by atoms with Gasteiger partial charge in [0, 0.05) is 24.9 Å². The highest BCUT2D eigenvalue weighted by atomic mass is 32.1. The Hall–Kier alpha value is -1.63. The van der Waals surface area contributed by atoms with E-state index < -0.39 is 11.6 Å². The third-order valence-corrected chi connectivity index (χ3v) is 4.37. The predicted octanol–water partition coefficient (Wildman–Crippen LogP) is 3.03. The van der Waals surface area contributed by atoms with E-state index in [0.717, 1.165) is 24.3 Å². The Bertz CT molecular complexity index is 542. The van der Waals surface area contributed by atoms with Crippen molar-refractivity contribution in [3.8, 4) is 0 Å². The van der Waals surface area contributed by atoms with Crippen molar-refractivity contribution in [1.29, 1.82) is 0 Å². The van der Waals surface area contributed by atoms with E-state index >= 15 is 0 Å². The van der Waals surface area contributed by atoms with Crippen LogP contribution in [0.15, 0.2) is 5.38 Å². The highest BCUT2D eigenvalue weighted by Gasteiger charge is 2.27. The number of piperidine rings is 1. The van der Waals surface area contributed by atoms with Crippen molar-refractivity contribution in [1.82, 2.24) is 9.88 Å². The van der Waals surface area contributed by atoms with Gasteiger partial charge in [0.25, 0.3) is 0 Å². The van der Waals surface area contributed by atoms with Gasteiger partial charge < -0.3 is 14.7 Å². The normalized spacial score (nSPS) is 16.6. The van der Waals surface area contributed by atoms with Crippen molar-refractivity contribution in [3.63, 3.8) is 0 Å². The predicted molar refractivity (Wildman–Crippen MR) is 83.3 cm³/mol. The van der Waals surface area contributed by atoms with Crippen LogP contribution in [0.4, 0.5) is 4.79 Å². The van der Waals surface area contributed by atoms with Crippen molar-refractivity contribution in [3.05, 3.63) is 16.1 Å². The minimum atomic E-state index is -0.984. The molecule has 7 heteroatoms. The molecule has 1 N–H and O–H groups in total. The van der Waals surface area contributed by atoms with Gasteiger partial charge >= 0.3 is 12.1 Å². The van der Waals surface area contributed by atoms with Gasteiger partial charge in [-0.25, -0.2) is 14.6 Å². The zero-order chi connectivity index (χ0) is 16.3. The topological polar surface area (TPSA) is 79.7 Å². The SMILES string of the molecule is CC(C)(C)OC(=O)N1CCC(Cc2nc(C(=O)O)cs2)CC1. The molecule has 1 aromatic rings. The number of likely N-dealkylation sites (tertiary alicyclic amines) is 1. The van der Waals surface area contributed by atoms with Crippen LogP contribution in [0.5, 0.6) is 0 Å². The highest BCUT2D eigenvalue weighted by molar-refractivity contribution is 7.09. The minimum Gasteiger partial charge on any atom is -0.476 e. The third kappa shape index (κ3) is 4.69. The Morgan fingerprint density at radius 3 is 2.55 bits per heavy atom. The fourth-order valence-electron chi connectivity index (χ4n) is 2.40. The van der Waals surface area contributed by atoms with E-state index in [-0.39, 0.29) is 11.8 Å². The second kappa shape index (κ2) is 6.64. The largest absolute Gasteiger partial charge is 0.476 e. The van der Waals surface area contributed by atoms with Gasteiger partial charge in [0.05, 0.1) is 5.01 Å². The first kappa shape index (κ1) is 16.7. The van der Waals surface area contributed by atoms with Crippen LogP contribution >= 0.6 is 11.3 Å². The number of hydrogen-bond donors (Lipinski definition) is 1. The summed E-state index contributed by atoms with van der Waals surface area (Å²) in [6.45, 7) is 6.94. The molecule has 1 aromatic heterocycles. The van der Waals surface area contributed by atoms with E-state index in [1.807, 2.05) is 20.8 Å². The second-order valence-electron chi connectivity index (χ2n) is 6.55. The number of hydrogen-bond acceptors (Lipinski definition) is 5. The molecule has 2 rings (SSSR count). The van der Waals surface area contributed by atoms with Crippen molar-refractivity contribution in [2.45, 2.75) is 45.6 Å². The first-order valence-electron chi connectivity index (χ1n) is 7.40. The molecule has 22 heavy (non-hydrogen) atoms. The lowest BCUT2D eigenvalue weighted by molar-refractivity contribution is 0.0184. The second-order valence-corrected chi connectivity index (χ2v) is 7.49. The number of carbonyl (C=O) groups excluding carboxylic acids is 1. The molecule has 0 saturated carbocycles. The smallest absolute Gasteiger partial charge is 0.410 e. The van der Waals surface area contributed by atoms with Crippen molar-refractivity contribution >= 4 is 23.4 Å². The molecule has 1 fully saturated rings. The first-order valence-corrected chi connectivity index (χ1v) is 8.28. The van der Waals surface area contributed by atoms with Crippen LogP contribution in [-0.4, -0.2) is 45.7 Å². The number of aromatic nitrogens is 1. The molecule has 1 saturated heterocycles. The monoisotopic (exact) mass is 326 g/mol. The van der Waals surface area contributed by atoms with E-state index in [4.69, 9.17) is 9.84 Å². The fourth-order valence-corrected chi connectivity index (χ4v) is 3.28. The molecule has 122 valence electrons. The van der Waals surface area contributed by atoms with Gasteiger partial charge in [0.2, 0.25) is 0 Å². The number of carbonyl (C=O) groups is 2. The lowest BCUT2D eigenvalue weighted by Gasteiger charge is -2.33. The maximum Gasteiger partial charge on any atom is 0.410 e. The summed E-state index contributed by atoms with van der Waals surface area (Å²) in [7, 11) is 0. The molecule has 6 nitrogen and oxygen atoms in total. The Labute approximate surface area is 134 Å². The van der Waals surface area contributed by atoms with E-state index in [9.17, 15) is 9.59 Å². The Kier molecular flexibility index (Phi) is 5.05. The lowest BCUT2D eigenvalue weighted by atomic mass is 9.94. The van der Waals surface area contributed by atoms with Crippen LogP contribution in [0.3, 0.4) is 0 Å². The zero-order valence-corrected chi connectivity index (χ0v) is 14.0. The Morgan fingerprint density at radius 1 is 1.41 bits per heavy atom. The molecular formula is C15H22N2O4S. The number of carboxylic acids is 1. The number of carboxylic acid groups (broad SMARTS) is 1. The van der Waals surface area contributed by atoms with Crippen LogP contribution in [-0.2, 0) is 11.2 Å². The Balaban J connectivity index is 1.81. The van der Waals surface area contributed by atoms with Gasteiger partial charge in [0.15, 0.2) is 5.69 Å². The molecule has 0 aromatic carbocycles. The number of rotatable bonds is 3. The summed E-state index contributed by atoms with van der Waals surface area (Å²) in [4.78, 5) is 28.7. The Morgan fingerprint density at radius 2 is 2.05 bits per heavy atom. The van der Waals surface area contributed by atoms with Gasteiger partial charge in [0.1, 0.15) is 5.60 Å². The lowest BCUT2D eigenvalue weighted by Crippen LogP contribution is -2.42. The first-order chi connectivity index (χ1) is 10.2. The quantitative estimate of drug-likeness (QED) is 0.923. The summed E-state index contributed by atoms with van der Waals surface area (Å²) >= 11 is 1.39. The molecule has 0 aliphatic carbocycles. The van der Waals surface area contributed by atoms with E-state index in [0.29, 0.717) is 19.0 Å². The number of amides is 1. The van der Waals surface area contributed by atoms with E-state index in [2.05, 4.69) is 4.98 Å². The summed E-state index contributed by atoms with van der Waals surface area (Å²) < 4.78 is 5.37. The van der Waals surface area contributed by atoms with Crippen molar-refractivity contribution in [2.24, 2.45) is 5.92 Å². The zero-order valence-electron chi connectivity index (χ0n) is 13.2. The van der Waals surface area contributed by atoms with Gasteiger partial charge in [-0.3, -0.25) is 0 Å². The number of ether oxygens (including phenoxy) is 1. The van der Waals surface area contributed by atoms with Gasteiger partial charge in [-0.15, -0.1) is 11.3 Å². The third-order valence-electron chi connectivity index (χ3n) is 3.50. The molecule has 0 bridgehead atoms. The molecule has 1 amide bonds. The van der Waals surface area contributed by atoms with Gasteiger partial charge in [-0.05, 0) is 39.5 Å². The van der Waals surface area contributed by atoms with Crippen LogP contribution in [0, 0.1) is 5.92 Å². The molecule has 0 spiro atoms. The van der Waals surface area contributed by atoms with Crippen LogP contribution < -0.4 is 0 Å². The standard InChI is InChI=1S/C15H22N2O4S/c1-15(2,3)21-14(20)17-6-4-10(5-7-17)8-12-16-11(9-22-12)13(18)19/h9-10H,4-8H2,1-3H3,(H,18,19). The number of aromatic carboxylic acids is 1. The average molecular weight is 326 g/mol. The summed E-state index contributed by atoms with van der Waals surface area (Å²) in [5.41, 5.74) is -0.353. The molecule has 1 aliphatic heterocycles. The van der Waals surface area contributed by atoms with Crippen LogP contribution in [0.2, 0.25) is 0 Å². The minimum absolute atomic E-state index is 0.117. The molecule has 0 radical (unpaired) electrons. The van der Waals surface area contributed by atoms with Gasteiger partial charge in [-0.2, -0.15) is 0 Å². The average Bonchev–Trinajstić information content (AvgIpc) is 2.86. The molecule has 0 atom stereocenters. The highest BCUT2D eigenvalue weighted by Crippen LogP contribution is 2.24. The molecule has 2 heterocycles. The van der Waals surface area contributed by atoms with Crippen molar-refractivity contribution in [2.75, 3.05) is 13.1 Å². The fraction of sp³-hybridized carbons (Fsp3) is 0.667. The van der Waals surface area contributed by atoms with Crippen LogP contribution in [0.25, 0.3) is 0 Å². The van der Waals surface area contributed by atoms with Crippen LogP contribution in [0.1, 0.15) is 49.1 Å². The van der Waals surface area contributed by atoms with E-state index in [1.54, 1.807) is 10.3 Å².